The summed E-state index contributed by atoms with van der Waals surface area (Å²) >= 11 is 9.71. The number of anilines is 2. The number of aromatic nitrogens is 2. The van der Waals surface area contributed by atoms with E-state index in [0.717, 1.165) is 30.3 Å². The van der Waals surface area contributed by atoms with E-state index in [0.29, 0.717) is 21.7 Å². The lowest BCUT2D eigenvalue weighted by Gasteiger charge is -2.51. The molecule has 0 aliphatic carbocycles. The minimum Gasteiger partial charge on any atom is -0.385 e. The molecule has 2 fully saturated rings. The number of aryl methyl sites for hydroxylation is 1. The van der Waals surface area contributed by atoms with Gasteiger partial charge in [0.05, 0.1) is 41.2 Å². The van der Waals surface area contributed by atoms with Crippen LogP contribution in [0, 0.1) is 12.7 Å². The zero-order valence-corrected chi connectivity index (χ0v) is 20.9. The lowest BCUT2D eigenvalue weighted by atomic mass is 9.81. The highest BCUT2D eigenvalue weighted by Gasteiger charge is 2.49. The number of benzene rings is 2. The molecule has 0 spiro atoms. The van der Waals surface area contributed by atoms with Gasteiger partial charge in [-0.15, -0.1) is 5.10 Å². The van der Waals surface area contributed by atoms with Gasteiger partial charge in [-0.3, -0.25) is 4.79 Å². The number of likely N-dealkylation sites (tertiary alicyclic amines) is 1. The van der Waals surface area contributed by atoms with E-state index in [1.165, 1.54) is 6.20 Å². The zero-order valence-electron chi connectivity index (χ0n) is 18.5. The van der Waals surface area contributed by atoms with Gasteiger partial charge in [0, 0.05) is 15.9 Å². The van der Waals surface area contributed by atoms with Crippen molar-refractivity contribution in [1.82, 2.24) is 20.4 Å². The van der Waals surface area contributed by atoms with E-state index in [9.17, 15) is 9.90 Å². The number of carbonyl (C=O) groups is 1. The van der Waals surface area contributed by atoms with E-state index >= 15 is 4.39 Å². The van der Waals surface area contributed by atoms with Crippen LogP contribution in [0.25, 0.3) is 10.9 Å². The van der Waals surface area contributed by atoms with Crippen molar-refractivity contribution in [1.29, 1.82) is 0 Å². The quantitative estimate of drug-likeness (QED) is 0.443. The minimum absolute atomic E-state index is 0.0205. The summed E-state index contributed by atoms with van der Waals surface area (Å²) < 4.78 is 16.5. The summed E-state index contributed by atoms with van der Waals surface area (Å²) in [6, 6.07) is 6.74. The van der Waals surface area contributed by atoms with Crippen LogP contribution in [0.4, 0.5) is 15.8 Å². The topological polar surface area (TPSA) is 90.4 Å². The molecule has 3 N–H and O–H groups in total. The monoisotopic (exact) mass is 547 g/mol. The number of amides is 1. The largest absolute Gasteiger partial charge is 0.385 e. The Labute approximate surface area is 209 Å². The molecule has 3 aromatic rings. The summed E-state index contributed by atoms with van der Waals surface area (Å²) in [6.07, 6.45) is 4.54. The van der Waals surface area contributed by atoms with Gasteiger partial charge in [-0.05, 0) is 56.1 Å². The van der Waals surface area contributed by atoms with E-state index in [1.54, 1.807) is 36.1 Å². The van der Waals surface area contributed by atoms with Gasteiger partial charge in [-0.25, -0.2) is 4.39 Å². The Bertz CT molecular complexity index is 1280. The molecule has 0 bridgehead atoms. The smallest absolute Gasteiger partial charge is 0.256 e. The normalized spacial score (nSPS) is 19.7. The molecule has 0 saturated carbocycles. The maximum Gasteiger partial charge on any atom is 0.256 e. The summed E-state index contributed by atoms with van der Waals surface area (Å²) in [4.78, 5) is 15.1. The number of hydrogen-bond acceptors (Lipinski definition) is 6. The average Bonchev–Trinajstić information content (AvgIpc) is 2.80. The third kappa shape index (κ3) is 4.15. The summed E-state index contributed by atoms with van der Waals surface area (Å²) in [5.74, 6) is -1.05. The molecule has 10 heteroatoms. The molecule has 178 valence electrons. The number of halogens is 3. The molecular weight excluding hydrogens is 525 g/mol. The van der Waals surface area contributed by atoms with Crippen molar-refractivity contribution in [2.75, 3.05) is 25.0 Å². The number of β-amino-alcohol motifs (C(OH)–C–C–N with tert-alkyl or cyclic N) is 1. The SMILES string of the molecule is Cc1cnnc2c(F)c(Nc3ccc(Br)cc3Cl)c(C(=O)N3CC(O)([C@@H]4CCCCN4)C3)cc12. The predicted molar refractivity (Wildman–Crippen MR) is 133 cm³/mol. The number of fused-ring (bicyclic) bond motifs is 1. The number of piperidine rings is 1. The van der Waals surface area contributed by atoms with Gasteiger partial charge in [0.25, 0.3) is 5.91 Å². The number of nitrogens with one attached hydrogen (secondary N) is 2. The van der Waals surface area contributed by atoms with Gasteiger partial charge in [0.1, 0.15) is 11.1 Å². The molecule has 1 aromatic heterocycles. The zero-order chi connectivity index (χ0) is 24.0. The van der Waals surface area contributed by atoms with Gasteiger partial charge in [-0.1, -0.05) is 34.0 Å². The third-order valence-electron chi connectivity index (χ3n) is 6.67. The fourth-order valence-electron chi connectivity index (χ4n) is 4.76. The summed E-state index contributed by atoms with van der Waals surface area (Å²) in [5, 5.41) is 26.1. The van der Waals surface area contributed by atoms with Crippen molar-refractivity contribution in [3.05, 3.63) is 56.9 Å². The Balaban J connectivity index is 1.52. The molecule has 2 aromatic carbocycles. The Morgan fingerprint density at radius 1 is 1.35 bits per heavy atom. The number of nitrogens with zero attached hydrogens (tertiary/aromatic N) is 3. The number of carbonyl (C=O) groups excluding carboxylic acids is 1. The Kier molecular flexibility index (Phi) is 6.22. The molecule has 2 aliphatic rings. The van der Waals surface area contributed by atoms with Crippen molar-refractivity contribution >= 4 is 55.7 Å². The van der Waals surface area contributed by atoms with Crippen molar-refractivity contribution in [2.24, 2.45) is 0 Å². The van der Waals surface area contributed by atoms with E-state index in [-0.39, 0.29) is 41.8 Å². The first-order chi connectivity index (χ1) is 16.3. The Morgan fingerprint density at radius 2 is 2.15 bits per heavy atom. The molecular formula is C24H24BrClFN5O2. The first kappa shape index (κ1) is 23.4. The van der Waals surface area contributed by atoms with Gasteiger partial charge in [0.2, 0.25) is 0 Å². The summed E-state index contributed by atoms with van der Waals surface area (Å²) in [5.41, 5.74) is 0.377. The second-order valence-electron chi connectivity index (χ2n) is 9.05. The standard InChI is InChI=1S/C24H24BrClFN5O2/c1-13-10-29-31-22-15(13)9-16(21(20(22)27)30-18-6-5-14(25)8-17(18)26)23(33)32-11-24(34,12-32)19-4-2-3-7-28-19/h5-6,8-10,19,28,30,34H,2-4,7,11-12H2,1H3/t19-/m0/s1. The highest BCUT2D eigenvalue weighted by atomic mass is 79.9. The number of hydrogen-bond donors (Lipinski definition) is 3. The molecule has 34 heavy (non-hydrogen) atoms. The maximum atomic E-state index is 15.7. The molecule has 2 aliphatic heterocycles. The highest BCUT2D eigenvalue weighted by molar-refractivity contribution is 9.10. The van der Waals surface area contributed by atoms with Crippen LogP contribution in [-0.4, -0.2) is 57.4 Å². The lowest BCUT2D eigenvalue weighted by molar-refractivity contribution is -0.108. The molecule has 5 rings (SSSR count). The number of aliphatic hydroxyl groups is 1. The average molecular weight is 549 g/mol. The van der Waals surface area contributed by atoms with Crippen LogP contribution < -0.4 is 10.6 Å². The molecule has 1 amide bonds. The third-order valence-corrected chi connectivity index (χ3v) is 7.48. The van der Waals surface area contributed by atoms with E-state index in [4.69, 9.17) is 11.6 Å². The summed E-state index contributed by atoms with van der Waals surface area (Å²) in [6.45, 7) is 3.03. The molecule has 1 atom stereocenters. The van der Waals surface area contributed by atoms with Crippen molar-refractivity contribution < 1.29 is 14.3 Å². The second kappa shape index (κ2) is 9.03. The van der Waals surface area contributed by atoms with Crippen LogP contribution in [0.3, 0.4) is 0 Å². The van der Waals surface area contributed by atoms with Crippen LogP contribution in [0.15, 0.2) is 34.9 Å². The second-order valence-corrected chi connectivity index (χ2v) is 10.4. The molecule has 7 nitrogen and oxygen atoms in total. The molecule has 3 heterocycles. The van der Waals surface area contributed by atoms with Crippen LogP contribution >= 0.6 is 27.5 Å². The van der Waals surface area contributed by atoms with Crippen LogP contribution in [0.2, 0.25) is 5.02 Å². The maximum absolute atomic E-state index is 15.7. The van der Waals surface area contributed by atoms with Crippen molar-refractivity contribution in [3.8, 4) is 0 Å². The Hall–Kier alpha value is -2.33. The Morgan fingerprint density at radius 3 is 2.85 bits per heavy atom. The number of rotatable bonds is 4. The van der Waals surface area contributed by atoms with Gasteiger partial charge < -0.3 is 20.6 Å². The van der Waals surface area contributed by atoms with Crippen LogP contribution in [-0.2, 0) is 0 Å². The fraction of sp³-hybridized carbons (Fsp3) is 0.375. The lowest BCUT2D eigenvalue weighted by Crippen LogP contribution is -2.72. The van der Waals surface area contributed by atoms with E-state index < -0.39 is 11.4 Å². The van der Waals surface area contributed by atoms with E-state index in [1.807, 2.05) is 0 Å². The van der Waals surface area contributed by atoms with Crippen molar-refractivity contribution in [3.63, 3.8) is 0 Å². The van der Waals surface area contributed by atoms with Gasteiger partial charge >= 0.3 is 0 Å². The van der Waals surface area contributed by atoms with Crippen LogP contribution in [0.5, 0.6) is 0 Å². The first-order valence-electron chi connectivity index (χ1n) is 11.2. The van der Waals surface area contributed by atoms with E-state index in [2.05, 4.69) is 36.8 Å². The van der Waals surface area contributed by atoms with Gasteiger partial charge in [-0.2, -0.15) is 5.10 Å². The predicted octanol–water partition coefficient (Wildman–Crippen LogP) is 4.57. The van der Waals surface area contributed by atoms with Crippen molar-refractivity contribution in [2.45, 2.75) is 37.8 Å². The fourth-order valence-corrected chi connectivity index (χ4v) is 5.48. The first-order valence-corrected chi connectivity index (χ1v) is 12.4. The molecule has 0 unspecified atom stereocenters. The molecule has 0 radical (unpaired) electrons. The minimum atomic E-state index is -0.977. The van der Waals surface area contributed by atoms with Gasteiger partial charge in [0.15, 0.2) is 5.82 Å². The van der Waals surface area contributed by atoms with Crippen LogP contribution in [0.1, 0.15) is 35.2 Å². The molecule has 2 saturated heterocycles. The summed E-state index contributed by atoms with van der Waals surface area (Å²) in [7, 11) is 0. The highest BCUT2D eigenvalue weighted by Crippen LogP contribution is 2.37.